The second-order valence-electron chi connectivity index (χ2n) is 6.82. The van der Waals surface area contributed by atoms with Crippen molar-refractivity contribution in [2.45, 2.75) is 19.6 Å². The Morgan fingerprint density at radius 2 is 1.93 bits per heavy atom. The highest BCUT2D eigenvalue weighted by Crippen LogP contribution is 2.37. The Balaban J connectivity index is 1.89. The Morgan fingerprint density at radius 1 is 1.21 bits per heavy atom. The second-order valence-corrected chi connectivity index (χ2v) is 6.82. The highest BCUT2D eigenvalue weighted by atomic mass is 19.4. The average Bonchev–Trinajstić information content (AvgIpc) is 2.64. The zero-order chi connectivity index (χ0) is 21.3. The summed E-state index contributed by atoms with van der Waals surface area (Å²) in [5.41, 5.74) is -0.0873. The van der Waals surface area contributed by atoms with Crippen LogP contribution < -0.4 is 15.8 Å². The number of carbonyl (C=O) groups is 1. The van der Waals surface area contributed by atoms with Gasteiger partial charge in [-0.1, -0.05) is 12.1 Å². The van der Waals surface area contributed by atoms with Crippen LogP contribution in [0.25, 0.3) is 10.9 Å². The lowest BCUT2D eigenvalue weighted by Crippen LogP contribution is -2.28. The summed E-state index contributed by atoms with van der Waals surface area (Å²) in [7, 11) is 3.24. The summed E-state index contributed by atoms with van der Waals surface area (Å²) in [5.74, 6) is -0.760. The van der Waals surface area contributed by atoms with Gasteiger partial charge < -0.3 is 10.2 Å². The number of para-hydroxylation sites is 1. The van der Waals surface area contributed by atoms with Crippen LogP contribution in [0.2, 0.25) is 0 Å². The van der Waals surface area contributed by atoms with E-state index in [0.29, 0.717) is 16.6 Å². The smallest absolute Gasteiger partial charge is 0.378 e. The molecule has 1 heterocycles. The lowest BCUT2D eigenvalue weighted by Gasteiger charge is -2.19. The molecular formula is C20H19F3N4O2. The molecule has 0 saturated heterocycles. The Bertz CT molecular complexity index is 1140. The van der Waals surface area contributed by atoms with E-state index in [-0.39, 0.29) is 5.69 Å². The molecule has 29 heavy (non-hydrogen) atoms. The predicted octanol–water partition coefficient (Wildman–Crippen LogP) is 3.43. The molecule has 1 aromatic heterocycles. The SMILES string of the molecule is Cc1cccc2c(=O)n(CC(=O)Nc3ccc(N(C)C)cc3C(F)(F)F)cnc12. The summed E-state index contributed by atoms with van der Waals surface area (Å²) in [5, 5.41) is 2.59. The summed E-state index contributed by atoms with van der Waals surface area (Å²) < 4.78 is 41.3. The molecule has 0 atom stereocenters. The van der Waals surface area contributed by atoms with Crippen molar-refractivity contribution in [1.82, 2.24) is 9.55 Å². The van der Waals surface area contributed by atoms with E-state index in [1.165, 1.54) is 23.4 Å². The number of benzene rings is 2. The van der Waals surface area contributed by atoms with Gasteiger partial charge in [0.1, 0.15) is 6.54 Å². The first-order chi connectivity index (χ1) is 13.6. The minimum absolute atomic E-state index is 0.339. The quantitative estimate of drug-likeness (QED) is 0.724. The van der Waals surface area contributed by atoms with Gasteiger partial charge in [0.05, 0.1) is 28.5 Å². The van der Waals surface area contributed by atoms with Crippen molar-refractivity contribution in [2.24, 2.45) is 0 Å². The Labute approximate surface area is 164 Å². The van der Waals surface area contributed by atoms with Crippen LogP contribution in [0.15, 0.2) is 47.5 Å². The molecule has 1 N–H and O–H groups in total. The van der Waals surface area contributed by atoms with Crippen LogP contribution in [-0.2, 0) is 17.5 Å². The molecule has 0 aliphatic heterocycles. The molecule has 2 aromatic carbocycles. The molecule has 9 heteroatoms. The lowest BCUT2D eigenvalue weighted by atomic mass is 10.1. The molecule has 3 rings (SSSR count). The fraction of sp³-hybridized carbons (Fsp3) is 0.250. The summed E-state index contributed by atoms with van der Waals surface area (Å²) in [4.78, 5) is 30.6. The first-order valence-electron chi connectivity index (χ1n) is 8.71. The van der Waals surface area contributed by atoms with Crippen molar-refractivity contribution < 1.29 is 18.0 Å². The fourth-order valence-electron chi connectivity index (χ4n) is 2.95. The first-order valence-corrected chi connectivity index (χ1v) is 8.71. The van der Waals surface area contributed by atoms with Gasteiger partial charge in [-0.25, -0.2) is 4.98 Å². The number of nitrogens with zero attached hydrogens (tertiary/aromatic N) is 3. The van der Waals surface area contributed by atoms with E-state index >= 15 is 0 Å². The number of alkyl halides is 3. The molecule has 0 bridgehead atoms. The zero-order valence-corrected chi connectivity index (χ0v) is 16.0. The maximum Gasteiger partial charge on any atom is 0.418 e. The third-order valence-corrected chi connectivity index (χ3v) is 4.47. The van der Waals surface area contributed by atoms with Crippen molar-refractivity contribution in [3.63, 3.8) is 0 Å². The molecule has 0 aliphatic rings. The van der Waals surface area contributed by atoms with Gasteiger partial charge in [0.15, 0.2) is 0 Å². The highest BCUT2D eigenvalue weighted by Gasteiger charge is 2.34. The molecule has 0 radical (unpaired) electrons. The van der Waals surface area contributed by atoms with Gasteiger partial charge >= 0.3 is 6.18 Å². The van der Waals surface area contributed by atoms with E-state index in [4.69, 9.17) is 0 Å². The Kier molecular flexibility index (Phi) is 5.32. The van der Waals surface area contributed by atoms with E-state index < -0.39 is 29.8 Å². The van der Waals surface area contributed by atoms with E-state index in [1.54, 1.807) is 26.2 Å². The van der Waals surface area contributed by atoms with Crippen molar-refractivity contribution in [3.8, 4) is 0 Å². The van der Waals surface area contributed by atoms with E-state index in [0.717, 1.165) is 16.2 Å². The van der Waals surface area contributed by atoms with Crippen LogP contribution in [0.4, 0.5) is 24.5 Å². The van der Waals surface area contributed by atoms with E-state index in [9.17, 15) is 22.8 Å². The van der Waals surface area contributed by atoms with E-state index in [2.05, 4.69) is 10.3 Å². The number of fused-ring (bicyclic) bond motifs is 1. The number of hydrogen-bond acceptors (Lipinski definition) is 4. The molecule has 6 nitrogen and oxygen atoms in total. The van der Waals surface area contributed by atoms with Crippen LogP contribution in [0, 0.1) is 6.92 Å². The number of aryl methyl sites for hydroxylation is 1. The number of carbonyl (C=O) groups excluding carboxylic acids is 1. The summed E-state index contributed by atoms with van der Waals surface area (Å²) in [6.07, 6.45) is -3.43. The van der Waals surface area contributed by atoms with Crippen LogP contribution in [-0.4, -0.2) is 29.6 Å². The molecule has 0 spiro atoms. The molecule has 3 aromatic rings. The zero-order valence-electron chi connectivity index (χ0n) is 16.0. The number of rotatable bonds is 4. The monoisotopic (exact) mass is 404 g/mol. The van der Waals surface area contributed by atoms with Crippen molar-refractivity contribution in [2.75, 3.05) is 24.3 Å². The normalized spacial score (nSPS) is 11.5. The third kappa shape index (κ3) is 4.23. The maximum atomic E-state index is 13.4. The van der Waals surface area contributed by atoms with Crippen LogP contribution in [0.5, 0.6) is 0 Å². The molecular weight excluding hydrogens is 385 g/mol. The lowest BCUT2D eigenvalue weighted by molar-refractivity contribution is -0.136. The first kappa shape index (κ1) is 20.4. The molecule has 152 valence electrons. The summed E-state index contributed by atoms with van der Waals surface area (Å²) in [6, 6.07) is 8.73. The van der Waals surface area contributed by atoms with Crippen molar-refractivity contribution in [3.05, 3.63) is 64.2 Å². The topological polar surface area (TPSA) is 67.2 Å². The number of anilines is 2. The van der Waals surface area contributed by atoms with Crippen LogP contribution in [0.1, 0.15) is 11.1 Å². The summed E-state index contributed by atoms with van der Waals surface area (Å²) >= 11 is 0. The third-order valence-electron chi connectivity index (χ3n) is 4.47. The predicted molar refractivity (Wildman–Crippen MR) is 105 cm³/mol. The van der Waals surface area contributed by atoms with Crippen LogP contribution in [0.3, 0.4) is 0 Å². The second kappa shape index (κ2) is 7.57. The maximum absolute atomic E-state index is 13.4. The van der Waals surface area contributed by atoms with Gasteiger partial charge in [-0.2, -0.15) is 13.2 Å². The molecule has 0 unspecified atom stereocenters. The Hall–Kier alpha value is -3.36. The number of halogens is 3. The van der Waals surface area contributed by atoms with E-state index in [1.807, 2.05) is 13.0 Å². The number of amides is 1. The molecule has 0 fully saturated rings. The van der Waals surface area contributed by atoms with Gasteiger partial charge in [-0.15, -0.1) is 0 Å². The molecule has 0 saturated carbocycles. The van der Waals surface area contributed by atoms with Gasteiger partial charge in [0.25, 0.3) is 5.56 Å². The minimum atomic E-state index is -4.65. The van der Waals surface area contributed by atoms with Crippen LogP contribution >= 0.6 is 0 Å². The standard InChI is InChI=1S/C20H19F3N4O2/c1-12-5-4-6-14-18(12)24-11-27(19(14)29)10-17(28)25-16-8-7-13(26(2)3)9-15(16)20(21,22)23/h4-9,11H,10H2,1-3H3,(H,25,28). The van der Waals surface area contributed by atoms with Crippen molar-refractivity contribution in [1.29, 1.82) is 0 Å². The highest BCUT2D eigenvalue weighted by molar-refractivity contribution is 5.92. The van der Waals surface area contributed by atoms with Gasteiger partial charge in [0, 0.05) is 19.8 Å². The van der Waals surface area contributed by atoms with Gasteiger partial charge in [0.2, 0.25) is 5.91 Å². The van der Waals surface area contributed by atoms with Crippen molar-refractivity contribution >= 4 is 28.2 Å². The fourth-order valence-corrected chi connectivity index (χ4v) is 2.95. The average molecular weight is 404 g/mol. The number of nitrogens with one attached hydrogen (secondary N) is 1. The number of aromatic nitrogens is 2. The van der Waals surface area contributed by atoms with Gasteiger partial charge in [-0.3, -0.25) is 14.2 Å². The Morgan fingerprint density at radius 3 is 2.59 bits per heavy atom. The minimum Gasteiger partial charge on any atom is -0.378 e. The molecule has 0 aliphatic carbocycles. The largest absolute Gasteiger partial charge is 0.418 e. The van der Waals surface area contributed by atoms with Gasteiger partial charge in [-0.05, 0) is 36.8 Å². The molecule has 1 amide bonds. The number of hydrogen-bond donors (Lipinski definition) is 1. The summed E-state index contributed by atoms with van der Waals surface area (Å²) in [6.45, 7) is 1.35.